The molecule has 2 rings (SSSR count). The van der Waals surface area contributed by atoms with Gasteiger partial charge >= 0.3 is 0 Å². The van der Waals surface area contributed by atoms with Crippen molar-refractivity contribution in [2.75, 3.05) is 18.7 Å². The van der Waals surface area contributed by atoms with Crippen LogP contribution in [-0.2, 0) is 9.84 Å². The molecule has 0 bridgehead atoms. The van der Waals surface area contributed by atoms with Crippen molar-refractivity contribution in [3.05, 3.63) is 70.1 Å². The predicted molar refractivity (Wildman–Crippen MR) is 117 cm³/mol. The Morgan fingerprint density at radius 2 is 1.86 bits per heavy atom. The fourth-order valence-corrected chi connectivity index (χ4v) is 3.54. The Kier molecular flexibility index (Phi) is 7.70. The number of amides is 1. The number of methoxy groups -OCH3 is 1. The van der Waals surface area contributed by atoms with Gasteiger partial charge in [-0.15, -0.1) is 0 Å². The number of anilines is 1. The number of benzene rings is 2. The minimum atomic E-state index is -3.25. The van der Waals surface area contributed by atoms with Gasteiger partial charge in [-0.05, 0) is 37.6 Å². The summed E-state index contributed by atoms with van der Waals surface area (Å²) in [7, 11) is -1.76. The van der Waals surface area contributed by atoms with Crippen LogP contribution in [0.4, 0.5) is 5.69 Å². The van der Waals surface area contributed by atoms with Crippen molar-refractivity contribution < 1.29 is 17.9 Å². The van der Waals surface area contributed by atoms with Gasteiger partial charge in [0.1, 0.15) is 5.75 Å². The van der Waals surface area contributed by atoms with E-state index in [9.17, 15) is 13.2 Å². The molecule has 2 atom stereocenters. The minimum absolute atomic E-state index is 0.0470. The maximum absolute atomic E-state index is 12.5. The van der Waals surface area contributed by atoms with Gasteiger partial charge in [0.25, 0.3) is 5.91 Å². The number of halogens is 1. The summed E-state index contributed by atoms with van der Waals surface area (Å²) in [6.07, 6.45) is 2.51. The number of hydrogen-bond donors (Lipinski definition) is 2. The summed E-state index contributed by atoms with van der Waals surface area (Å²) in [6.45, 7) is 3.68. The van der Waals surface area contributed by atoms with E-state index in [0.29, 0.717) is 16.3 Å². The number of carbonyl (C=O) groups is 1. The molecular weight excluding hydrogens is 412 g/mol. The second kappa shape index (κ2) is 9.80. The van der Waals surface area contributed by atoms with Crippen molar-refractivity contribution in [2.45, 2.75) is 25.9 Å². The van der Waals surface area contributed by atoms with Gasteiger partial charge in [-0.3, -0.25) is 4.79 Å². The Hall–Kier alpha value is -2.51. The normalized spacial score (nSPS) is 13.7. The summed E-state index contributed by atoms with van der Waals surface area (Å²) < 4.78 is 27.8. The number of carbonyl (C=O) groups excluding carboxylic acids is 1. The average Bonchev–Trinajstić information content (AvgIpc) is 2.66. The second-order valence-electron chi connectivity index (χ2n) is 6.72. The van der Waals surface area contributed by atoms with Crippen LogP contribution in [0.25, 0.3) is 0 Å². The molecule has 0 unspecified atom stereocenters. The lowest BCUT2D eigenvalue weighted by Gasteiger charge is -2.19. The number of sulfone groups is 1. The number of hydrogen-bond acceptors (Lipinski definition) is 5. The summed E-state index contributed by atoms with van der Waals surface area (Å²) in [5.74, 6) is 0.0383. The van der Waals surface area contributed by atoms with Crippen LogP contribution in [-0.4, -0.2) is 33.7 Å². The molecule has 156 valence electrons. The molecule has 2 N–H and O–H groups in total. The maximum atomic E-state index is 12.5. The molecular formula is C21H25ClN2O4S. The lowest BCUT2D eigenvalue weighted by molar-refractivity contribution is 0.0944. The van der Waals surface area contributed by atoms with Gasteiger partial charge in [-0.1, -0.05) is 35.9 Å². The first-order valence-electron chi connectivity index (χ1n) is 8.99. The van der Waals surface area contributed by atoms with Crippen LogP contribution in [0.1, 0.15) is 35.8 Å². The zero-order valence-electron chi connectivity index (χ0n) is 16.8. The highest BCUT2D eigenvalue weighted by Gasteiger charge is 2.16. The fraction of sp³-hybridized carbons (Fsp3) is 0.286. The second-order valence-corrected chi connectivity index (χ2v) is 9.06. The van der Waals surface area contributed by atoms with Crippen molar-refractivity contribution in [3.63, 3.8) is 0 Å². The third-order valence-electron chi connectivity index (χ3n) is 4.17. The quantitative estimate of drug-likeness (QED) is 0.647. The van der Waals surface area contributed by atoms with Crippen molar-refractivity contribution in [1.82, 2.24) is 5.32 Å². The predicted octanol–water partition coefficient (Wildman–Crippen LogP) is 4.20. The maximum Gasteiger partial charge on any atom is 0.255 e. The first-order chi connectivity index (χ1) is 13.6. The third-order valence-corrected chi connectivity index (χ3v) is 5.17. The highest BCUT2D eigenvalue weighted by atomic mass is 35.5. The van der Waals surface area contributed by atoms with Gasteiger partial charge in [-0.25, -0.2) is 8.42 Å². The van der Waals surface area contributed by atoms with E-state index in [-0.39, 0.29) is 11.9 Å². The third kappa shape index (κ3) is 6.80. The molecule has 0 saturated carbocycles. The average molecular weight is 437 g/mol. The monoisotopic (exact) mass is 436 g/mol. The van der Waals surface area contributed by atoms with E-state index < -0.39 is 15.9 Å². The molecule has 6 nitrogen and oxygen atoms in total. The Bertz CT molecular complexity index is 1010. The molecule has 0 aliphatic carbocycles. The topological polar surface area (TPSA) is 84.5 Å². The molecule has 2 aromatic carbocycles. The Labute approximate surface area is 176 Å². The van der Waals surface area contributed by atoms with Crippen LogP contribution in [0.3, 0.4) is 0 Å². The van der Waals surface area contributed by atoms with Crippen molar-refractivity contribution in [3.8, 4) is 5.75 Å². The van der Waals surface area contributed by atoms with Gasteiger partial charge in [-0.2, -0.15) is 0 Å². The molecule has 0 aliphatic heterocycles. The van der Waals surface area contributed by atoms with E-state index in [2.05, 4.69) is 10.6 Å². The smallest absolute Gasteiger partial charge is 0.255 e. The number of ether oxygens (including phenoxy) is 1. The van der Waals surface area contributed by atoms with Crippen LogP contribution >= 0.6 is 11.6 Å². The van der Waals surface area contributed by atoms with Gasteiger partial charge in [0, 0.05) is 40.5 Å². The molecule has 0 radical (unpaired) electrons. The van der Waals surface area contributed by atoms with E-state index in [0.717, 1.165) is 22.9 Å². The fourth-order valence-electron chi connectivity index (χ4n) is 2.72. The molecule has 0 aromatic heterocycles. The molecule has 8 heteroatoms. The van der Waals surface area contributed by atoms with E-state index in [4.69, 9.17) is 16.3 Å². The highest BCUT2D eigenvalue weighted by Crippen LogP contribution is 2.29. The molecule has 0 heterocycles. The van der Waals surface area contributed by atoms with Crippen molar-refractivity contribution in [2.24, 2.45) is 0 Å². The summed E-state index contributed by atoms with van der Waals surface area (Å²) in [6, 6.07) is 12.2. The summed E-state index contributed by atoms with van der Waals surface area (Å²) in [4.78, 5) is 12.5. The molecule has 2 aromatic rings. The van der Waals surface area contributed by atoms with E-state index in [1.807, 2.05) is 31.2 Å². The molecule has 29 heavy (non-hydrogen) atoms. The molecule has 1 amide bonds. The van der Waals surface area contributed by atoms with Crippen LogP contribution in [0, 0.1) is 0 Å². The van der Waals surface area contributed by atoms with Gasteiger partial charge < -0.3 is 15.4 Å². The van der Waals surface area contributed by atoms with Crippen LogP contribution in [0.2, 0.25) is 5.02 Å². The standard InChI is InChI=1S/C21H25ClN2O4S/c1-14(11-12-29(4,26)27)23-21(25)18-10-9-16(13-20(18)28-3)24-15(2)17-7-5-6-8-19(17)22/h5-15,24H,1-4H3,(H,23,25)/b12-11+/t14-,15+/m1/s1. The molecule has 0 fully saturated rings. The minimum Gasteiger partial charge on any atom is -0.496 e. The lowest BCUT2D eigenvalue weighted by Crippen LogP contribution is -2.31. The zero-order valence-corrected chi connectivity index (χ0v) is 18.3. The van der Waals surface area contributed by atoms with E-state index >= 15 is 0 Å². The molecule has 0 saturated heterocycles. The zero-order chi connectivity index (χ0) is 21.6. The van der Waals surface area contributed by atoms with Crippen LogP contribution in [0.15, 0.2) is 53.9 Å². The Morgan fingerprint density at radius 3 is 2.48 bits per heavy atom. The van der Waals surface area contributed by atoms with Crippen molar-refractivity contribution >= 4 is 33.0 Å². The van der Waals surface area contributed by atoms with E-state index in [1.165, 1.54) is 13.2 Å². The number of rotatable bonds is 8. The lowest BCUT2D eigenvalue weighted by atomic mass is 10.1. The SMILES string of the molecule is COc1cc(N[C@@H](C)c2ccccc2Cl)ccc1C(=O)N[C@H](C)/C=C/S(C)(=O)=O. The van der Waals surface area contributed by atoms with Gasteiger partial charge in [0.15, 0.2) is 9.84 Å². The Morgan fingerprint density at radius 1 is 1.17 bits per heavy atom. The van der Waals surface area contributed by atoms with Crippen LogP contribution < -0.4 is 15.4 Å². The highest BCUT2D eigenvalue weighted by molar-refractivity contribution is 7.93. The van der Waals surface area contributed by atoms with Crippen molar-refractivity contribution in [1.29, 1.82) is 0 Å². The summed E-state index contributed by atoms with van der Waals surface area (Å²) >= 11 is 6.25. The molecule has 0 aliphatic rings. The first-order valence-corrected chi connectivity index (χ1v) is 11.3. The van der Waals surface area contributed by atoms with Gasteiger partial charge in [0.2, 0.25) is 0 Å². The first kappa shape index (κ1) is 22.8. The van der Waals surface area contributed by atoms with E-state index in [1.54, 1.807) is 25.1 Å². The van der Waals surface area contributed by atoms with Gasteiger partial charge in [0.05, 0.1) is 12.7 Å². The number of nitrogens with one attached hydrogen (secondary N) is 2. The van der Waals surface area contributed by atoms with Crippen LogP contribution in [0.5, 0.6) is 5.75 Å². The Balaban J connectivity index is 2.14. The summed E-state index contributed by atoms with van der Waals surface area (Å²) in [5.41, 5.74) is 2.08. The molecule has 0 spiro atoms. The summed E-state index contributed by atoms with van der Waals surface area (Å²) in [5, 5.41) is 7.81. The largest absolute Gasteiger partial charge is 0.496 e.